The molecule has 4 nitrogen and oxygen atoms in total. The van der Waals surface area contributed by atoms with Crippen LogP contribution in [-0.2, 0) is 12.8 Å². The zero-order valence-corrected chi connectivity index (χ0v) is 13.8. The third-order valence-electron chi connectivity index (χ3n) is 2.81. The van der Waals surface area contributed by atoms with Gasteiger partial charge in [-0.25, -0.2) is 9.59 Å². The van der Waals surface area contributed by atoms with Gasteiger partial charge in [0.15, 0.2) is 0 Å². The summed E-state index contributed by atoms with van der Waals surface area (Å²) in [4.78, 5) is 27.5. The van der Waals surface area contributed by atoms with E-state index in [0.717, 1.165) is 11.1 Å². The highest BCUT2D eigenvalue weighted by atomic mass is 79.9. The van der Waals surface area contributed by atoms with E-state index in [1.54, 1.807) is 24.3 Å². The highest BCUT2D eigenvalue weighted by Gasteiger charge is 2.27. The molecule has 0 aromatic heterocycles. The van der Waals surface area contributed by atoms with Crippen molar-refractivity contribution in [3.63, 3.8) is 0 Å². The number of alkyl halides is 2. The lowest BCUT2D eigenvalue weighted by Crippen LogP contribution is -2.10. The van der Waals surface area contributed by atoms with Crippen LogP contribution in [0, 0.1) is 0 Å². The second kappa shape index (κ2) is 6.74. The van der Waals surface area contributed by atoms with Gasteiger partial charge in [-0.1, -0.05) is 56.1 Å². The molecule has 0 aliphatic carbocycles. The molecule has 0 saturated carbocycles. The minimum Gasteiger partial charge on any atom is -0.211 e. The molecule has 104 valence electrons. The van der Waals surface area contributed by atoms with Crippen LogP contribution < -0.4 is 0 Å². The number of benzene rings is 2. The van der Waals surface area contributed by atoms with Crippen LogP contribution in [0.2, 0.25) is 0 Å². The third kappa shape index (κ3) is 3.63. The standard InChI is InChI=1S/C15H8Br2N2O2/c16-15(17,11-1-5-13(6-2-11)18-9-20)12-3-7-14(8-4-12)19-10-21/h1-8H. The van der Waals surface area contributed by atoms with Crippen LogP contribution in [0.25, 0.3) is 0 Å². The van der Waals surface area contributed by atoms with Gasteiger partial charge in [-0.05, 0) is 35.4 Å². The van der Waals surface area contributed by atoms with Gasteiger partial charge < -0.3 is 0 Å². The normalized spacial score (nSPS) is 10.4. The van der Waals surface area contributed by atoms with Crippen LogP contribution in [-0.4, -0.2) is 12.2 Å². The van der Waals surface area contributed by atoms with E-state index in [1.165, 1.54) is 12.2 Å². The Kier molecular flexibility index (Phi) is 4.99. The van der Waals surface area contributed by atoms with Crippen molar-refractivity contribution in [2.45, 2.75) is 3.23 Å². The van der Waals surface area contributed by atoms with Crippen LogP contribution >= 0.6 is 31.9 Å². The number of isocyanates is 2. The summed E-state index contributed by atoms with van der Waals surface area (Å²) in [6.45, 7) is 0. The van der Waals surface area contributed by atoms with Gasteiger partial charge in [0.25, 0.3) is 0 Å². The van der Waals surface area contributed by atoms with Gasteiger partial charge in [0.2, 0.25) is 12.2 Å². The molecule has 0 radical (unpaired) electrons. The number of halogens is 2. The van der Waals surface area contributed by atoms with Crippen LogP contribution in [0.1, 0.15) is 11.1 Å². The van der Waals surface area contributed by atoms with Crippen molar-refractivity contribution >= 4 is 55.4 Å². The van der Waals surface area contributed by atoms with Crippen molar-refractivity contribution in [2.75, 3.05) is 0 Å². The molecule has 0 amide bonds. The molecule has 0 N–H and O–H groups in total. The van der Waals surface area contributed by atoms with E-state index in [-0.39, 0.29) is 0 Å². The number of hydrogen-bond acceptors (Lipinski definition) is 4. The molecule has 0 heterocycles. The summed E-state index contributed by atoms with van der Waals surface area (Å²) in [6, 6.07) is 14.3. The maximum atomic E-state index is 10.2. The molecule has 2 aromatic rings. The number of rotatable bonds is 4. The number of carbonyl (C=O) groups excluding carboxylic acids is 2. The van der Waals surface area contributed by atoms with Gasteiger partial charge in [0.1, 0.15) is 3.23 Å². The Hall–Kier alpha value is -1.84. The summed E-state index contributed by atoms with van der Waals surface area (Å²) < 4.78 is -0.590. The minimum atomic E-state index is -0.590. The first kappa shape index (κ1) is 15.5. The fourth-order valence-corrected chi connectivity index (χ4v) is 2.82. The lowest BCUT2D eigenvalue weighted by Gasteiger charge is -2.21. The smallest absolute Gasteiger partial charge is 0.211 e. The number of nitrogens with zero attached hydrogens (tertiary/aromatic N) is 2. The summed E-state index contributed by atoms with van der Waals surface area (Å²) in [5.74, 6) is 0. The van der Waals surface area contributed by atoms with Crippen molar-refractivity contribution in [1.82, 2.24) is 0 Å². The Morgan fingerprint density at radius 1 is 0.714 bits per heavy atom. The maximum Gasteiger partial charge on any atom is 0.240 e. The van der Waals surface area contributed by atoms with E-state index in [4.69, 9.17) is 0 Å². The van der Waals surface area contributed by atoms with Crippen molar-refractivity contribution in [1.29, 1.82) is 0 Å². The Labute approximate surface area is 137 Å². The van der Waals surface area contributed by atoms with Gasteiger partial charge in [-0.2, -0.15) is 9.98 Å². The van der Waals surface area contributed by atoms with Gasteiger partial charge in [-0.3, -0.25) is 0 Å². The first-order valence-corrected chi connectivity index (χ1v) is 7.41. The molecule has 2 aromatic carbocycles. The Morgan fingerprint density at radius 2 is 1.05 bits per heavy atom. The van der Waals surface area contributed by atoms with E-state index in [2.05, 4.69) is 41.8 Å². The van der Waals surface area contributed by atoms with E-state index >= 15 is 0 Å². The van der Waals surface area contributed by atoms with Gasteiger partial charge in [-0.15, -0.1) is 0 Å². The Morgan fingerprint density at radius 3 is 1.33 bits per heavy atom. The lowest BCUT2D eigenvalue weighted by atomic mass is 10.0. The average Bonchev–Trinajstić information content (AvgIpc) is 2.49. The van der Waals surface area contributed by atoms with Gasteiger partial charge in [0, 0.05) is 0 Å². The molecule has 0 fully saturated rings. The summed E-state index contributed by atoms with van der Waals surface area (Å²) in [5.41, 5.74) is 2.94. The molecular weight excluding hydrogens is 400 g/mol. The molecule has 0 saturated heterocycles. The second-order valence-corrected chi connectivity index (χ2v) is 7.52. The van der Waals surface area contributed by atoms with E-state index in [0.29, 0.717) is 11.4 Å². The predicted octanol–water partition coefficient (Wildman–Crippen LogP) is 4.61. The molecule has 0 atom stereocenters. The number of hydrogen-bond donors (Lipinski definition) is 0. The first-order valence-electron chi connectivity index (χ1n) is 5.82. The van der Waals surface area contributed by atoms with Crippen molar-refractivity contribution in [3.05, 3.63) is 59.7 Å². The van der Waals surface area contributed by atoms with Crippen LogP contribution in [0.15, 0.2) is 58.5 Å². The molecule has 0 aliphatic rings. The zero-order valence-electron chi connectivity index (χ0n) is 10.6. The topological polar surface area (TPSA) is 58.9 Å². The SMILES string of the molecule is O=C=Nc1ccc(C(Br)(Br)c2ccc(N=C=O)cc2)cc1. The highest BCUT2D eigenvalue weighted by molar-refractivity contribution is 9.25. The lowest BCUT2D eigenvalue weighted by molar-refractivity contribution is 0.564. The molecule has 0 unspecified atom stereocenters. The Bertz CT molecular complexity index is 664. The quantitative estimate of drug-likeness (QED) is 0.422. The molecule has 0 bridgehead atoms. The Balaban J connectivity index is 2.35. The monoisotopic (exact) mass is 406 g/mol. The summed E-state index contributed by atoms with van der Waals surface area (Å²) in [6.07, 6.45) is 3.00. The van der Waals surface area contributed by atoms with E-state index in [1.807, 2.05) is 24.3 Å². The van der Waals surface area contributed by atoms with Crippen LogP contribution in [0.3, 0.4) is 0 Å². The molecule has 6 heteroatoms. The third-order valence-corrected chi connectivity index (χ3v) is 4.64. The second-order valence-electron chi connectivity index (χ2n) is 4.07. The predicted molar refractivity (Wildman–Crippen MR) is 87.1 cm³/mol. The summed E-state index contributed by atoms with van der Waals surface area (Å²) >= 11 is 7.25. The molecule has 21 heavy (non-hydrogen) atoms. The van der Waals surface area contributed by atoms with Crippen molar-refractivity contribution in [2.24, 2.45) is 9.98 Å². The number of aliphatic imine (C=N–C) groups is 2. The largest absolute Gasteiger partial charge is 0.240 e. The van der Waals surface area contributed by atoms with Crippen molar-refractivity contribution in [3.8, 4) is 0 Å². The minimum absolute atomic E-state index is 0.542. The van der Waals surface area contributed by atoms with Gasteiger partial charge >= 0.3 is 0 Å². The summed E-state index contributed by atoms with van der Waals surface area (Å²) in [7, 11) is 0. The molecular formula is C15H8Br2N2O2. The fourth-order valence-electron chi connectivity index (χ4n) is 1.76. The van der Waals surface area contributed by atoms with E-state index < -0.39 is 3.23 Å². The van der Waals surface area contributed by atoms with Crippen LogP contribution in [0.4, 0.5) is 11.4 Å². The van der Waals surface area contributed by atoms with Crippen LogP contribution in [0.5, 0.6) is 0 Å². The highest BCUT2D eigenvalue weighted by Crippen LogP contribution is 2.45. The molecule has 0 spiro atoms. The first-order chi connectivity index (χ1) is 10.1. The van der Waals surface area contributed by atoms with E-state index in [9.17, 15) is 9.59 Å². The van der Waals surface area contributed by atoms with Crippen molar-refractivity contribution < 1.29 is 9.59 Å². The average molecular weight is 408 g/mol. The maximum absolute atomic E-state index is 10.2. The summed E-state index contributed by atoms with van der Waals surface area (Å²) in [5, 5.41) is 0. The molecule has 2 rings (SSSR count). The molecule has 0 aliphatic heterocycles. The fraction of sp³-hybridized carbons (Fsp3) is 0.0667. The zero-order chi connectivity index (χ0) is 15.3. The van der Waals surface area contributed by atoms with Gasteiger partial charge in [0.05, 0.1) is 11.4 Å².